The number of morpholine rings is 1. The number of carbonyl (C=O) groups is 2. The smallest absolute Gasteiger partial charge is 0.332 e. The molecule has 23 heavy (non-hydrogen) atoms. The zero-order chi connectivity index (χ0) is 16.4. The number of rotatable bonds is 3. The Hall–Kier alpha value is -1.92. The number of carboxylic acids is 1. The molecule has 0 aromatic heterocycles. The molecular weight excluding hydrogens is 298 g/mol. The average molecular weight is 319 g/mol. The molecule has 2 aliphatic rings. The van der Waals surface area contributed by atoms with E-state index in [1.807, 2.05) is 37.3 Å². The first kappa shape index (κ1) is 16.0. The number of ether oxygens (including phenoxy) is 2. The van der Waals surface area contributed by atoms with Crippen molar-refractivity contribution in [2.75, 3.05) is 13.1 Å². The van der Waals surface area contributed by atoms with Crippen LogP contribution in [0.2, 0.25) is 0 Å². The van der Waals surface area contributed by atoms with E-state index in [-0.39, 0.29) is 18.1 Å². The molecular formula is C17H21NO5. The van der Waals surface area contributed by atoms with E-state index in [0.29, 0.717) is 25.9 Å². The highest BCUT2D eigenvalue weighted by molar-refractivity contribution is 5.83. The number of benzene rings is 1. The lowest BCUT2D eigenvalue weighted by Crippen LogP contribution is -2.49. The minimum Gasteiger partial charge on any atom is -0.479 e. The quantitative estimate of drug-likeness (QED) is 0.916. The molecule has 1 aromatic rings. The van der Waals surface area contributed by atoms with Crippen LogP contribution in [0.1, 0.15) is 31.4 Å². The van der Waals surface area contributed by atoms with Crippen molar-refractivity contribution in [1.29, 1.82) is 0 Å². The number of aliphatic carboxylic acids is 1. The van der Waals surface area contributed by atoms with Crippen LogP contribution >= 0.6 is 0 Å². The summed E-state index contributed by atoms with van der Waals surface area (Å²) in [6.45, 7) is 2.90. The van der Waals surface area contributed by atoms with Gasteiger partial charge < -0.3 is 19.5 Å². The van der Waals surface area contributed by atoms with Crippen molar-refractivity contribution in [2.45, 2.75) is 44.2 Å². The number of carboxylic acid groups (broad SMARTS) is 1. The van der Waals surface area contributed by atoms with Crippen molar-refractivity contribution < 1.29 is 24.2 Å². The van der Waals surface area contributed by atoms with Gasteiger partial charge >= 0.3 is 5.97 Å². The summed E-state index contributed by atoms with van der Waals surface area (Å²) < 4.78 is 11.3. The molecule has 2 saturated heterocycles. The zero-order valence-electron chi connectivity index (χ0n) is 13.1. The molecule has 1 aromatic carbocycles. The summed E-state index contributed by atoms with van der Waals surface area (Å²) in [6, 6.07) is 9.80. The van der Waals surface area contributed by atoms with Crippen molar-refractivity contribution in [2.24, 2.45) is 0 Å². The monoisotopic (exact) mass is 319 g/mol. The Labute approximate surface area is 135 Å². The highest BCUT2D eigenvalue weighted by atomic mass is 16.5. The molecule has 1 amide bonds. The number of hydrogen-bond acceptors (Lipinski definition) is 4. The van der Waals surface area contributed by atoms with Crippen molar-refractivity contribution in [1.82, 2.24) is 4.90 Å². The minimum atomic E-state index is -1.00. The summed E-state index contributed by atoms with van der Waals surface area (Å²) in [7, 11) is 0. The van der Waals surface area contributed by atoms with Crippen molar-refractivity contribution >= 4 is 11.9 Å². The Balaban J connectivity index is 1.67. The second-order valence-corrected chi connectivity index (χ2v) is 6.12. The zero-order valence-corrected chi connectivity index (χ0v) is 13.1. The highest BCUT2D eigenvalue weighted by Crippen LogP contribution is 2.28. The van der Waals surface area contributed by atoms with Crippen LogP contribution in [0.5, 0.6) is 0 Å². The minimum absolute atomic E-state index is 0.0745. The van der Waals surface area contributed by atoms with Crippen LogP contribution in [0.4, 0.5) is 0 Å². The van der Waals surface area contributed by atoms with E-state index in [4.69, 9.17) is 14.6 Å². The van der Waals surface area contributed by atoms with Gasteiger partial charge in [0, 0.05) is 6.54 Å². The fraction of sp³-hybridized carbons (Fsp3) is 0.529. The first-order chi connectivity index (χ1) is 11.0. The van der Waals surface area contributed by atoms with Crippen LogP contribution in [0.25, 0.3) is 0 Å². The lowest BCUT2D eigenvalue weighted by atomic mass is 10.1. The second kappa shape index (κ2) is 6.68. The van der Waals surface area contributed by atoms with Crippen LogP contribution < -0.4 is 0 Å². The summed E-state index contributed by atoms with van der Waals surface area (Å²) in [5, 5.41) is 8.99. The van der Waals surface area contributed by atoms with Gasteiger partial charge in [-0.15, -0.1) is 0 Å². The van der Waals surface area contributed by atoms with Gasteiger partial charge in [0.1, 0.15) is 12.2 Å². The predicted octanol–water partition coefficient (Wildman–Crippen LogP) is 1.61. The van der Waals surface area contributed by atoms with Gasteiger partial charge in [0.2, 0.25) is 0 Å². The Morgan fingerprint density at radius 2 is 1.78 bits per heavy atom. The molecule has 124 valence electrons. The van der Waals surface area contributed by atoms with Crippen molar-refractivity contribution in [3.8, 4) is 0 Å². The standard InChI is InChI=1S/C17H21NO5/c1-11-9-18(10-15(22-11)12-5-3-2-4-6-12)16(19)13-7-8-14(23-13)17(20)21/h2-6,11,13-15H,7-10H2,1H3,(H,20,21)/t11?,13-,14+,15?/m0/s1. The Morgan fingerprint density at radius 3 is 2.43 bits per heavy atom. The van der Waals surface area contributed by atoms with Gasteiger partial charge in [-0.1, -0.05) is 30.3 Å². The number of amides is 1. The third-order valence-electron chi connectivity index (χ3n) is 4.31. The molecule has 6 heteroatoms. The normalized spacial score (nSPS) is 31.1. The van der Waals surface area contributed by atoms with Gasteiger partial charge in [-0.05, 0) is 25.3 Å². The van der Waals surface area contributed by atoms with Gasteiger partial charge in [-0.2, -0.15) is 0 Å². The largest absolute Gasteiger partial charge is 0.479 e. The number of carbonyl (C=O) groups excluding carboxylic acids is 1. The fourth-order valence-corrected chi connectivity index (χ4v) is 3.19. The van der Waals surface area contributed by atoms with E-state index in [2.05, 4.69) is 0 Å². The van der Waals surface area contributed by atoms with Crippen LogP contribution in [0.3, 0.4) is 0 Å². The van der Waals surface area contributed by atoms with Crippen molar-refractivity contribution in [3.05, 3.63) is 35.9 Å². The van der Waals surface area contributed by atoms with Crippen LogP contribution in [0, 0.1) is 0 Å². The molecule has 2 heterocycles. The van der Waals surface area contributed by atoms with E-state index >= 15 is 0 Å². The summed E-state index contributed by atoms with van der Waals surface area (Å²) in [5.74, 6) is -1.14. The first-order valence-corrected chi connectivity index (χ1v) is 7.92. The summed E-state index contributed by atoms with van der Waals surface area (Å²) in [5.41, 5.74) is 1.03. The average Bonchev–Trinajstić information content (AvgIpc) is 3.04. The van der Waals surface area contributed by atoms with Gasteiger partial charge in [0.05, 0.1) is 12.6 Å². The van der Waals surface area contributed by atoms with Gasteiger partial charge in [0.25, 0.3) is 5.91 Å². The van der Waals surface area contributed by atoms with E-state index in [9.17, 15) is 9.59 Å². The summed E-state index contributed by atoms with van der Waals surface area (Å²) in [4.78, 5) is 25.3. The Kier molecular flexibility index (Phi) is 4.63. The predicted molar refractivity (Wildman–Crippen MR) is 81.8 cm³/mol. The van der Waals surface area contributed by atoms with E-state index in [1.54, 1.807) is 4.90 Å². The van der Waals surface area contributed by atoms with Gasteiger partial charge in [-0.3, -0.25) is 4.79 Å². The Bertz CT molecular complexity index is 576. The maximum atomic E-state index is 12.6. The van der Waals surface area contributed by atoms with Crippen LogP contribution in [-0.4, -0.2) is 53.3 Å². The molecule has 2 aliphatic heterocycles. The molecule has 1 N–H and O–H groups in total. The number of hydrogen-bond donors (Lipinski definition) is 1. The molecule has 2 fully saturated rings. The third kappa shape index (κ3) is 3.54. The molecule has 2 unspecified atom stereocenters. The maximum Gasteiger partial charge on any atom is 0.332 e. The van der Waals surface area contributed by atoms with Gasteiger partial charge in [0.15, 0.2) is 6.10 Å². The molecule has 3 rings (SSSR count). The molecule has 0 spiro atoms. The first-order valence-electron chi connectivity index (χ1n) is 7.92. The van der Waals surface area contributed by atoms with E-state index in [1.165, 1.54) is 0 Å². The van der Waals surface area contributed by atoms with Crippen LogP contribution in [-0.2, 0) is 19.1 Å². The highest BCUT2D eigenvalue weighted by Gasteiger charge is 2.39. The lowest BCUT2D eigenvalue weighted by Gasteiger charge is -2.38. The molecule has 0 saturated carbocycles. The second-order valence-electron chi connectivity index (χ2n) is 6.12. The molecule has 4 atom stereocenters. The SMILES string of the molecule is CC1CN(C(=O)[C@@H]2CC[C@H](C(=O)O)O2)CC(c2ccccc2)O1. The third-order valence-corrected chi connectivity index (χ3v) is 4.31. The topological polar surface area (TPSA) is 76.1 Å². The molecule has 0 bridgehead atoms. The van der Waals surface area contributed by atoms with E-state index in [0.717, 1.165) is 5.56 Å². The Morgan fingerprint density at radius 1 is 1.09 bits per heavy atom. The molecule has 0 aliphatic carbocycles. The van der Waals surface area contributed by atoms with E-state index < -0.39 is 18.2 Å². The number of nitrogens with zero attached hydrogens (tertiary/aromatic N) is 1. The van der Waals surface area contributed by atoms with Crippen LogP contribution in [0.15, 0.2) is 30.3 Å². The van der Waals surface area contributed by atoms with Gasteiger partial charge in [-0.25, -0.2) is 4.79 Å². The summed E-state index contributed by atoms with van der Waals surface area (Å²) >= 11 is 0. The lowest BCUT2D eigenvalue weighted by molar-refractivity contribution is -0.161. The summed E-state index contributed by atoms with van der Waals surface area (Å²) in [6.07, 6.45) is -0.925. The molecule has 6 nitrogen and oxygen atoms in total. The van der Waals surface area contributed by atoms with Crippen molar-refractivity contribution in [3.63, 3.8) is 0 Å². The molecule has 0 radical (unpaired) electrons. The maximum absolute atomic E-state index is 12.6. The fourth-order valence-electron chi connectivity index (χ4n) is 3.19.